The monoisotopic (exact) mass is 602 g/mol. The van der Waals surface area contributed by atoms with Crippen LogP contribution in [0.1, 0.15) is 16.7 Å². The smallest absolute Gasteiger partial charge is 0.418 e. The summed E-state index contributed by atoms with van der Waals surface area (Å²) in [6, 6.07) is 9.35. The molecule has 0 unspecified atom stereocenters. The van der Waals surface area contributed by atoms with Crippen molar-refractivity contribution in [1.82, 2.24) is 0 Å². The van der Waals surface area contributed by atoms with Gasteiger partial charge >= 0.3 is 12.4 Å². The van der Waals surface area contributed by atoms with Crippen molar-refractivity contribution in [1.29, 1.82) is 0 Å². The SMILES string of the molecule is Cc1cc(Oc2ccc(N3C(=O)C=CC3=O)c(C(F)(F)F)c2)ccc1Oc1ccc(N2C(=O)C=CC2=O)c(C(F)(F)F)c1. The van der Waals surface area contributed by atoms with Crippen LogP contribution in [0.3, 0.4) is 0 Å². The summed E-state index contributed by atoms with van der Waals surface area (Å²) in [5.74, 6) is -4.14. The molecule has 0 aromatic heterocycles. The van der Waals surface area contributed by atoms with E-state index in [0.29, 0.717) is 27.5 Å². The van der Waals surface area contributed by atoms with Gasteiger partial charge in [-0.3, -0.25) is 19.2 Å². The number of amides is 4. The van der Waals surface area contributed by atoms with Crippen molar-refractivity contribution in [3.8, 4) is 23.0 Å². The summed E-state index contributed by atoms with van der Waals surface area (Å²) in [5.41, 5.74) is -3.58. The van der Waals surface area contributed by atoms with Crippen LogP contribution in [0.5, 0.6) is 23.0 Å². The lowest BCUT2D eigenvalue weighted by Gasteiger charge is -2.21. The second-order valence-corrected chi connectivity index (χ2v) is 9.18. The van der Waals surface area contributed by atoms with E-state index in [1.54, 1.807) is 0 Å². The first kappa shape index (κ1) is 29.1. The molecule has 0 atom stereocenters. The van der Waals surface area contributed by atoms with Crippen molar-refractivity contribution in [2.45, 2.75) is 19.3 Å². The van der Waals surface area contributed by atoms with Gasteiger partial charge in [0, 0.05) is 24.3 Å². The van der Waals surface area contributed by atoms with E-state index in [1.165, 1.54) is 25.1 Å². The summed E-state index contributed by atoms with van der Waals surface area (Å²) < 4.78 is 94.0. The minimum absolute atomic E-state index is 0.0469. The number of nitrogens with zero attached hydrogens (tertiary/aromatic N) is 2. The second-order valence-electron chi connectivity index (χ2n) is 9.18. The Morgan fingerprint density at radius 3 is 1.30 bits per heavy atom. The quantitative estimate of drug-likeness (QED) is 0.237. The number of carbonyl (C=O) groups excluding carboxylic acids is 4. The van der Waals surface area contributed by atoms with E-state index in [1.807, 2.05) is 0 Å². The number of halogens is 6. The number of hydrogen-bond acceptors (Lipinski definition) is 6. The normalized spacial score (nSPS) is 15.2. The Labute approximate surface area is 238 Å². The Morgan fingerprint density at radius 2 is 0.907 bits per heavy atom. The summed E-state index contributed by atoms with van der Waals surface area (Å²) in [5, 5.41) is 0. The van der Waals surface area contributed by atoms with Crippen LogP contribution in [0.4, 0.5) is 37.7 Å². The van der Waals surface area contributed by atoms with Crippen molar-refractivity contribution in [3.05, 3.63) is 95.6 Å². The summed E-state index contributed by atoms with van der Waals surface area (Å²) in [4.78, 5) is 48.5. The number of aryl methyl sites for hydroxylation is 1. The highest BCUT2D eigenvalue weighted by atomic mass is 19.4. The zero-order valence-electron chi connectivity index (χ0n) is 21.6. The molecule has 4 amide bonds. The molecule has 0 bridgehead atoms. The second kappa shape index (κ2) is 10.5. The van der Waals surface area contributed by atoms with Crippen molar-refractivity contribution in [2.24, 2.45) is 0 Å². The minimum Gasteiger partial charge on any atom is -0.457 e. The van der Waals surface area contributed by atoms with Gasteiger partial charge in [-0.2, -0.15) is 26.3 Å². The molecule has 5 rings (SSSR count). The molecule has 0 radical (unpaired) electrons. The fraction of sp³-hybridized carbons (Fsp3) is 0.103. The molecule has 0 spiro atoms. The fourth-order valence-electron chi connectivity index (χ4n) is 4.34. The van der Waals surface area contributed by atoms with Gasteiger partial charge in [-0.05, 0) is 67.1 Å². The van der Waals surface area contributed by atoms with Gasteiger partial charge in [-0.1, -0.05) is 0 Å². The lowest BCUT2D eigenvalue weighted by molar-refractivity contribution is -0.138. The maximum atomic E-state index is 13.8. The van der Waals surface area contributed by atoms with Crippen LogP contribution in [-0.2, 0) is 31.5 Å². The van der Waals surface area contributed by atoms with Crippen LogP contribution in [0, 0.1) is 6.92 Å². The van der Waals surface area contributed by atoms with E-state index in [4.69, 9.17) is 9.47 Å². The van der Waals surface area contributed by atoms with Gasteiger partial charge < -0.3 is 9.47 Å². The Bertz CT molecular complexity index is 1720. The van der Waals surface area contributed by atoms with Crippen molar-refractivity contribution >= 4 is 35.0 Å². The molecule has 0 N–H and O–H groups in total. The number of rotatable bonds is 6. The number of benzene rings is 3. The Kier molecular flexibility index (Phi) is 7.08. The molecule has 2 aliphatic rings. The van der Waals surface area contributed by atoms with E-state index >= 15 is 0 Å². The average molecular weight is 602 g/mol. The van der Waals surface area contributed by atoms with Gasteiger partial charge in [0.15, 0.2) is 0 Å². The Morgan fingerprint density at radius 1 is 0.535 bits per heavy atom. The van der Waals surface area contributed by atoms with Crippen LogP contribution >= 0.6 is 0 Å². The van der Waals surface area contributed by atoms with Crippen LogP contribution in [-0.4, -0.2) is 23.6 Å². The number of anilines is 2. The van der Waals surface area contributed by atoms with Crippen LogP contribution in [0.25, 0.3) is 0 Å². The van der Waals surface area contributed by atoms with Gasteiger partial charge in [0.05, 0.1) is 22.5 Å². The zero-order chi connectivity index (χ0) is 31.3. The van der Waals surface area contributed by atoms with Crippen LogP contribution in [0.2, 0.25) is 0 Å². The lowest BCUT2D eigenvalue weighted by Crippen LogP contribution is -2.31. The largest absolute Gasteiger partial charge is 0.457 e. The van der Waals surface area contributed by atoms with Crippen LogP contribution < -0.4 is 19.3 Å². The van der Waals surface area contributed by atoms with E-state index in [-0.39, 0.29) is 23.0 Å². The summed E-state index contributed by atoms with van der Waals surface area (Å²) in [6.07, 6.45) is -6.48. The molecule has 2 aliphatic heterocycles. The summed E-state index contributed by atoms with van der Waals surface area (Å²) in [6.45, 7) is 1.51. The van der Waals surface area contributed by atoms with E-state index in [9.17, 15) is 45.5 Å². The molecule has 3 aromatic rings. The number of hydrogen-bond donors (Lipinski definition) is 0. The van der Waals surface area contributed by atoms with Gasteiger partial charge in [-0.15, -0.1) is 0 Å². The number of ether oxygens (including phenoxy) is 2. The predicted octanol–water partition coefficient (Wildman–Crippen LogP) is 6.48. The molecule has 2 heterocycles. The molecule has 0 aliphatic carbocycles. The maximum Gasteiger partial charge on any atom is 0.418 e. The molecular formula is C29H16F6N2O6. The minimum atomic E-state index is -4.94. The number of imide groups is 2. The van der Waals surface area contributed by atoms with Crippen molar-refractivity contribution < 1.29 is 55.0 Å². The standard InChI is InChI=1S/C29H16F6N2O6/c1-15-12-16(42-17-2-5-21(19(13-17)28(30,31)32)36-24(38)8-9-25(36)39)4-7-23(15)43-18-3-6-22(20(14-18)29(33,34)35)37-26(40)10-11-27(37)41/h2-14H,1H3. The van der Waals surface area contributed by atoms with Crippen molar-refractivity contribution in [3.63, 3.8) is 0 Å². The van der Waals surface area contributed by atoms with Gasteiger partial charge in [0.25, 0.3) is 23.6 Å². The van der Waals surface area contributed by atoms with E-state index < -0.39 is 58.5 Å². The first-order valence-corrected chi connectivity index (χ1v) is 12.1. The highest BCUT2D eigenvalue weighted by Crippen LogP contribution is 2.43. The van der Waals surface area contributed by atoms with Gasteiger partial charge in [0.2, 0.25) is 0 Å². The summed E-state index contributed by atoms with van der Waals surface area (Å²) >= 11 is 0. The molecule has 8 nitrogen and oxygen atoms in total. The maximum absolute atomic E-state index is 13.8. The van der Waals surface area contributed by atoms with Gasteiger partial charge in [-0.25, -0.2) is 9.80 Å². The lowest BCUT2D eigenvalue weighted by atomic mass is 10.1. The van der Waals surface area contributed by atoms with Crippen LogP contribution in [0.15, 0.2) is 78.9 Å². The third-order valence-electron chi connectivity index (χ3n) is 6.26. The highest BCUT2D eigenvalue weighted by molar-refractivity contribution is 6.29. The molecule has 0 saturated heterocycles. The molecule has 3 aromatic carbocycles. The van der Waals surface area contributed by atoms with E-state index in [0.717, 1.165) is 48.6 Å². The molecular weight excluding hydrogens is 586 g/mol. The Balaban J connectivity index is 1.39. The fourth-order valence-corrected chi connectivity index (χ4v) is 4.34. The third kappa shape index (κ3) is 5.71. The molecule has 43 heavy (non-hydrogen) atoms. The average Bonchev–Trinajstić information content (AvgIpc) is 3.44. The first-order chi connectivity index (χ1) is 20.1. The van der Waals surface area contributed by atoms with Crippen molar-refractivity contribution in [2.75, 3.05) is 9.80 Å². The predicted molar refractivity (Wildman–Crippen MR) is 137 cm³/mol. The Hall–Kier alpha value is -5.40. The molecule has 220 valence electrons. The summed E-state index contributed by atoms with van der Waals surface area (Å²) in [7, 11) is 0. The zero-order valence-corrected chi connectivity index (χ0v) is 21.6. The number of carbonyl (C=O) groups is 4. The molecule has 0 saturated carbocycles. The molecule has 0 fully saturated rings. The first-order valence-electron chi connectivity index (χ1n) is 12.1. The topological polar surface area (TPSA) is 93.2 Å². The third-order valence-corrected chi connectivity index (χ3v) is 6.26. The number of alkyl halides is 6. The van der Waals surface area contributed by atoms with E-state index in [2.05, 4.69) is 0 Å². The molecule has 14 heteroatoms. The van der Waals surface area contributed by atoms with Gasteiger partial charge in [0.1, 0.15) is 23.0 Å². The highest BCUT2D eigenvalue weighted by Gasteiger charge is 2.40.